The summed E-state index contributed by atoms with van der Waals surface area (Å²) in [7, 11) is 0. The van der Waals surface area contributed by atoms with Crippen LogP contribution in [0.4, 0.5) is 8.78 Å². The van der Waals surface area contributed by atoms with Gasteiger partial charge in [0.2, 0.25) is 0 Å². The predicted octanol–water partition coefficient (Wildman–Crippen LogP) is 2.27. The molecule has 1 fully saturated rings. The van der Waals surface area contributed by atoms with Crippen LogP contribution in [0.2, 0.25) is 0 Å². The van der Waals surface area contributed by atoms with E-state index in [2.05, 4.69) is 15.0 Å². The average molecular weight is 306 g/mol. The van der Waals surface area contributed by atoms with Crippen molar-refractivity contribution in [2.45, 2.75) is 31.6 Å². The van der Waals surface area contributed by atoms with Gasteiger partial charge in [0, 0.05) is 35.7 Å². The lowest BCUT2D eigenvalue weighted by molar-refractivity contribution is -0.124. The first-order valence-electron chi connectivity index (χ1n) is 7.13. The van der Waals surface area contributed by atoms with Crippen molar-refractivity contribution in [1.29, 1.82) is 0 Å². The molecule has 22 heavy (non-hydrogen) atoms. The number of pyridine rings is 1. The van der Waals surface area contributed by atoms with E-state index in [0.29, 0.717) is 11.2 Å². The monoisotopic (exact) mass is 306 g/mol. The highest BCUT2D eigenvalue weighted by Gasteiger charge is 2.33. The minimum atomic E-state index is -1.30. The third-order valence-corrected chi connectivity index (χ3v) is 3.90. The Kier molecular flexibility index (Phi) is 3.87. The molecule has 116 valence electrons. The van der Waals surface area contributed by atoms with Crippen LogP contribution in [0.15, 0.2) is 29.5 Å². The summed E-state index contributed by atoms with van der Waals surface area (Å²) in [4.78, 5) is 23.0. The molecule has 7 heteroatoms. The number of aromatic amines is 1. The van der Waals surface area contributed by atoms with Crippen LogP contribution in [-0.4, -0.2) is 34.1 Å². The van der Waals surface area contributed by atoms with Crippen molar-refractivity contribution in [3.8, 4) is 0 Å². The third-order valence-electron chi connectivity index (χ3n) is 3.90. The zero-order valence-corrected chi connectivity index (χ0v) is 11.8. The summed E-state index contributed by atoms with van der Waals surface area (Å²) in [5.74, 6) is -1.29. The van der Waals surface area contributed by atoms with Gasteiger partial charge in [0.05, 0.1) is 0 Å². The van der Waals surface area contributed by atoms with E-state index in [4.69, 9.17) is 5.73 Å². The molecule has 2 heterocycles. The number of nitrogens with one attached hydrogen (secondary N) is 1. The second kappa shape index (κ2) is 5.82. The number of hydrogen-bond acceptors (Lipinski definition) is 2. The number of fused-ring (bicyclic) bond motifs is 1. The Morgan fingerprint density at radius 3 is 2.77 bits per heavy atom. The molecule has 0 aliphatic heterocycles. The zero-order valence-electron chi connectivity index (χ0n) is 11.8. The van der Waals surface area contributed by atoms with Crippen LogP contribution >= 0.6 is 0 Å². The van der Waals surface area contributed by atoms with Gasteiger partial charge in [-0.15, -0.1) is 0 Å². The van der Waals surface area contributed by atoms with E-state index < -0.39 is 24.2 Å². The molecule has 3 N–H and O–H groups in total. The van der Waals surface area contributed by atoms with Gasteiger partial charge in [-0.3, -0.25) is 4.79 Å². The van der Waals surface area contributed by atoms with Crippen molar-refractivity contribution >= 4 is 22.8 Å². The second-order valence-electron chi connectivity index (χ2n) is 5.54. The number of rotatable bonds is 2. The van der Waals surface area contributed by atoms with Crippen molar-refractivity contribution in [3.63, 3.8) is 0 Å². The lowest BCUT2D eigenvalue weighted by atomic mass is 9.86. The molecule has 5 nitrogen and oxygen atoms in total. The van der Waals surface area contributed by atoms with Gasteiger partial charge in [-0.1, -0.05) is 0 Å². The molecule has 2 atom stereocenters. The normalized spacial score (nSPS) is 26.3. The quantitative estimate of drug-likeness (QED) is 0.659. The Hall–Kier alpha value is -2.31. The van der Waals surface area contributed by atoms with Crippen molar-refractivity contribution in [2.24, 2.45) is 16.6 Å². The maximum atomic E-state index is 13.4. The van der Waals surface area contributed by atoms with E-state index in [1.165, 1.54) is 0 Å². The number of hydrogen-bond donors (Lipinski definition) is 2. The van der Waals surface area contributed by atoms with Crippen LogP contribution in [0.25, 0.3) is 11.0 Å². The number of H-pyrrole nitrogens is 1. The van der Waals surface area contributed by atoms with Gasteiger partial charge in [0.15, 0.2) is 0 Å². The smallest absolute Gasteiger partial charge is 0.250 e. The van der Waals surface area contributed by atoms with E-state index in [1.807, 2.05) is 0 Å². The molecule has 2 aromatic rings. The molecule has 1 aliphatic rings. The van der Waals surface area contributed by atoms with Gasteiger partial charge in [0.1, 0.15) is 23.8 Å². The van der Waals surface area contributed by atoms with E-state index in [1.54, 1.807) is 24.5 Å². The summed E-state index contributed by atoms with van der Waals surface area (Å²) in [6.45, 7) is 0. The highest BCUT2D eigenvalue weighted by molar-refractivity contribution is 6.11. The van der Waals surface area contributed by atoms with Crippen LogP contribution in [0.5, 0.6) is 0 Å². The van der Waals surface area contributed by atoms with Gasteiger partial charge in [0.25, 0.3) is 5.91 Å². The van der Waals surface area contributed by atoms with E-state index in [-0.39, 0.29) is 25.1 Å². The number of aromatic nitrogens is 2. The number of nitrogens with zero attached hydrogens (tertiary/aromatic N) is 2. The first-order chi connectivity index (χ1) is 10.5. The van der Waals surface area contributed by atoms with Gasteiger partial charge in [-0.2, -0.15) is 4.99 Å². The van der Waals surface area contributed by atoms with Crippen molar-refractivity contribution < 1.29 is 13.6 Å². The Morgan fingerprint density at radius 1 is 1.32 bits per heavy atom. The summed E-state index contributed by atoms with van der Waals surface area (Å²) in [5.41, 5.74) is 7.07. The fourth-order valence-electron chi connectivity index (χ4n) is 2.82. The molecular formula is C15H16F2N4O. The maximum absolute atomic E-state index is 13.4. The minimum absolute atomic E-state index is 0.00543. The Balaban J connectivity index is 1.83. The van der Waals surface area contributed by atoms with Crippen molar-refractivity contribution in [1.82, 2.24) is 9.97 Å². The topological polar surface area (TPSA) is 84.1 Å². The highest BCUT2D eigenvalue weighted by atomic mass is 19.1. The standard InChI is InChI=1S/C15H16F2N4O/c16-9-4-8(5-10(17)6-9)15(22)21-13(18)12-7-20-14-11(12)2-1-3-19-14/h1-3,7-10H,4-6H2,(H,19,20)(H2,18,21,22). The van der Waals surface area contributed by atoms with Gasteiger partial charge >= 0.3 is 0 Å². The van der Waals surface area contributed by atoms with Crippen LogP contribution < -0.4 is 5.73 Å². The van der Waals surface area contributed by atoms with E-state index >= 15 is 0 Å². The molecule has 1 aliphatic carbocycles. The number of amidine groups is 1. The number of halogens is 2. The van der Waals surface area contributed by atoms with Gasteiger partial charge < -0.3 is 10.7 Å². The Bertz CT molecular complexity index is 717. The summed E-state index contributed by atoms with van der Waals surface area (Å²) in [6.07, 6.45) is 0.512. The Morgan fingerprint density at radius 2 is 2.05 bits per heavy atom. The lowest BCUT2D eigenvalue weighted by Crippen LogP contribution is -2.30. The first kappa shape index (κ1) is 14.6. The number of alkyl halides is 2. The number of aliphatic imine (C=N–C) groups is 1. The largest absolute Gasteiger partial charge is 0.383 e. The number of carbonyl (C=O) groups excluding carboxylic acids is 1. The molecule has 1 saturated carbocycles. The zero-order chi connectivity index (χ0) is 15.7. The first-order valence-corrected chi connectivity index (χ1v) is 7.13. The minimum Gasteiger partial charge on any atom is -0.383 e. The molecule has 0 radical (unpaired) electrons. The molecular weight excluding hydrogens is 290 g/mol. The molecule has 1 amide bonds. The maximum Gasteiger partial charge on any atom is 0.250 e. The van der Waals surface area contributed by atoms with Crippen LogP contribution in [-0.2, 0) is 4.79 Å². The highest BCUT2D eigenvalue weighted by Crippen LogP contribution is 2.29. The van der Waals surface area contributed by atoms with Gasteiger partial charge in [-0.05, 0) is 25.0 Å². The molecule has 0 spiro atoms. The lowest BCUT2D eigenvalue weighted by Gasteiger charge is -2.24. The number of carbonyl (C=O) groups is 1. The summed E-state index contributed by atoms with van der Waals surface area (Å²) in [5, 5.41) is 0.743. The fourth-order valence-corrected chi connectivity index (χ4v) is 2.82. The van der Waals surface area contributed by atoms with Crippen LogP contribution in [0, 0.1) is 5.92 Å². The summed E-state index contributed by atoms with van der Waals surface area (Å²) in [6, 6.07) is 3.55. The molecule has 2 unspecified atom stereocenters. The number of amides is 1. The molecule has 2 aromatic heterocycles. The van der Waals surface area contributed by atoms with Crippen molar-refractivity contribution in [3.05, 3.63) is 30.1 Å². The molecule has 0 bridgehead atoms. The molecule has 3 rings (SSSR count). The van der Waals surface area contributed by atoms with E-state index in [9.17, 15) is 13.6 Å². The second-order valence-corrected chi connectivity index (χ2v) is 5.54. The van der Waals surface area contributed by atoms with Crippen LogP contribution in [0.1, 0.15) is 24.8 Å². The van der Waals surface area contributed by atoms with Crippen LogP contribution in [0.3, 0.4) is 0 Å². The number of nitrogens with two attached hydrogens (primary N) is 1. The van der Waals surface area contributed by atoms with Crippen molar-refractivity contribution in [2.75, 3.05) is 0 Å². The summed E-state index contributed by atoms with van der Waals surface area (Å²) >= 11 is 0. The predicted molar refractivity (Wildman–Crippen MR) is 79.0 cm³/mol. The Labute approximate surface area is 125 Å². The third kappa shape index (κ3) is 2.84. The van der Waals surface area contributed by atoms with Gasteiger partial charge in [-0.25, -0.2) is 13.8 Å². The molecule has 0 saturated heterocycles. The SMILES string of the molecule is NC(=NC(=O)C1CC(F)CC(F)C1)c1c[nH]c2ncccc12. The molecule has 0 aromatic carbocycles. The summed E-state index contributed by atoms with van der Waals surface area (Å²) < 4.78 is 26.8. The van der Waals surface area contributed by atoms with E-state index in [0.717, 1.165) is 5.39 Å². The average Bonchev–Trinajstić information content (AvgIpc) is 2.90. The fraction of sp³-hybridized carbons (Fsp3) is 0.400.